The normalized spacial score (nSPS) is 32.5. The van der Waals surface area contributed by atoms with E-state index in [1.807, 2.05) is 12.4 Å². The van der Waals surface area contributed by atoms with Crippen molar-refractivity contribution in [3.63, 3.8) is 0 Å². The summed E-state index contributed by atoms with van der Waals surface area (Å²) in [6.45, 7) is 0. The van der Waals surface area contributed by atoms with E-state index in [0.717, 1.165) is 0 Å². The molecule has 3 rings (SSSR count). The minimum Gasteiger partial charge on any atom is -0.364 e. The van der Waals surface area contributed by atoms with Crippen LogP contribution in [0.25, 0.3) is 0 Å². The van der Waals surface area contributed by atoms with Crippen LogP contribution in [0.3, 0.4) is 0 Å². The van der Waals surface area contributed by atoms with Crippen molar-refractivity contribution in [2.75, 3.05) is 11.9 Å². The molecular weight excluding hydrogens is 210 g/mol. The molecule has 2 saturated heterocycles. The molecule has 92 valence electrons. The molecule has 2 fully saturated rings. The van der Waals surface area contributed by atoms with Crippen LogP contribution >= 0.6 is 0 Å². The van der Waals surface area contributed by atoms with E-state index in [0.29, 0.717) is 18.1 Å². The van der Waals surface area contributed by atoms with Gasteiger partial charge in [0.2, 0.25) is 0 Å². The van der Waals surface area contributed by atoms with Crippen molar-refractivity contribution in [3.05, 3.63) is 24.5 Å². The van der Waals surface area contributed by atoms with Crippen molar-refractivity contribution in [1.29, 1.82) is 0 Å². The van der Waals surface area contributed by atoms with Gasteiger partial charge in [-0.3, -0.25) is 4.98 Å². The van der Waals surface area contributed by atoms with E-state index >= 15 is 0 Å². The Morgan fingerprint density at radius 3 is 2.65 bits per heavy atom. The van der Waals surface area contributed by atoms with Crippen LogP contribution in [0.15, 0.2) is 24.5 Å². The summed E-state index contributed by atoms with van der Waals surface area (Å²) in [5.41, 5.74) is 1.32. The Morgan fingerprint density at radius 2 is 2.06 bits per heavy atom. The molecule has 0 spiro atoms. The van der Waals surface area contributed by atoms with Crippen molar-refractivity contribution in [2.24, 2.45) is 0 Å². The molecule has 2 unspecified atom stereocenters. The lowest BCUT2D eigenvalue weighted by Crippen LogP contribution is -2.56. The molecule has 2 aliphatic rings. The molecule has 0 amide bonds. The zero-order valence-electron chi connectivity index (χ0n) is 10.5. The second-order valence-electron chi connectivity index (χ2n) is 5.31. The van der Waals surface area contributed by atoms with Gasteiger partial charge < -0.3 is 10.2 Å². The van der Waals surface area contributed by atoms with Crippen LogP contribution in [0.2, 0.25) is 0 Å². The van der Waals surface area contributed by atoms with Gasteiger partial charge in [-0.2, -0.15) is 0 Å². The van der Waals surface area contributed by atoms with Gasteiger partial charge in [-0.1, -0.05) is 0 Å². The molecule has 0 aliphatic carbocycles. The third-order valence-electron chi connectivity index (χ3n) is 4.33. The molecule has 3 heteroatoms. The Labute approximate surface area is 103 Å². The summed E-state index contributed by atoms with van der Waals surface area (Å²) in [6.07, 6.45) is 10.5. The molecule has 1 aromatic heterocycles. The average Bonchev–Trinajstić information content (AvgIpc) is 2.38. The molecule has 0 aromatic carbocycles. The number of anilines is 1. The highest BCUT2D eigenvalue weighted by Crippen LogP contribution is 2.37. The molecule has 1 aromatic rings. The van der Waals surface area contributed by atoms with E-state index in [2.05, 4.69) is 34.4 Å². The Balaban J connectivity index is 1.85. The Morgan fingerprint density at radius 1 is 1.29 bits per heavy atom. The topological polar surface area (TPSA) is 28.2 Å². The van der Waals surface area contributed by atoms with E-state index in [-0.39, 0.29) is 0 Å². The van der Waals surface area contributed by atoms with E-state index in [4.69, 9.17) is 0 Å². The summed E-state index contributed by atoms with van der Waals surface area (Å²) in [4.78, 5) is 6.90. The Hall–Kier alpha value is -1.09. The van der Waals surface area contributed by atoms with Crippen LogP contribution in [0.4, 0.5) is 5.69 Å². The van der Waals surface area contributed by atoms with Gasteiger partial charge in [0.15, 0.2) is 0 Å². The highest BCUT2D eigenvalue weighted by Gasteiger charge is 2.37. The summed E-state index contributed by atoms with van der Waals surface area (Å²) < 4.78 is 0. The van der Waals surface area contributed by atoms with Crippen molar-refractivity contribution in [1.82, 2.24) is 10.3 Å². The molecule has 3 heterocycles. The first-order chi connectivity index (χ1) is 8.38. The predicted molar refractivity (Wildman–Crippen MR) is 70.2 cm³/mol. The van der Waals surface area contributed by atoms with Gasteiger partial charge in [0.05, 0.1) is 11.9 Å². The number of nitrogens with one attached hydrogen (secondary N) is 1. The lowest BCUT2D eigenvalue weighted by molar-refractivity contribution is 0.252. The van der Waals surface area contributed by atoms with Gasteiger partial charge >= 0.3 is 0 Å². The Kier molecular flexibility index (Phi) is 3.02. The van der Waals surface area contributed by atoms with Gasteiger partial charge in [0, 0.05) is 24.3 Å². The second kappa shape index (κ2) is 4.65. The fourth-order valence-electron chi connectivity index (χ4n) is 3.55. The molecule has 17 heavy (non-hydrogen) atoms. The SMILES string of the molecule is CNC1CC2CCCC(C1)N2c1cccnc1. The van der Waals surface area contributed by atoms with Crippen LogP contribution in [0.1, 0.15) is 32.1 Å². The van der Waals surface area contributed by atoms with Crippen LogP contribution in [-0.4, -0.2) is 30.2 Å². The number of hydrogen-bond acceptors (Lipinski definition) is 3. The number of hydrogen-bond donors (Lipinski definition) is 1. The second-order valence-corrected chi connectivity index (χ2v) is 5.31. The number of rotatable bonds is 2. The predicted octanol–water partition coefficient (Wildman–Crippen LogP) is 2.19. The third kappa shape index (κ3) is 2.04. The van der Waals surface area contributed by atoms with E-state index in [1.165, 1.54) is 37.8 Å². The van der Waals surface area contributed by atoms with Crippen LogP contribution in [0, 0.1) is 0 Å². The minimum absolute atomic E-state index is 0.707. The largest absolute Gasteiger partial charge is 0.364 e. The van der Waals surface area contributed by atoms with Crippen molar-refractivity contribution in [3.8, 4) is 0 Å². The fourth-order valence-corrected chi connectivity index (χ4v) is 3.55. The highest BCUT2D eigenvalue weighted by atomic mass is 15.2. The first kappa shape index (κ1) is 11.0. The molecule has 0 radical (unpaired) electrons. The Bertz CT molecular complexity index is 351. The number of piperidine rings is 2. The maximum atomic E-state index is 4.27. The van der Waals surface area contributed by atoms with Gasteiger partial charge in [-0.15, -0.1) is 0 Å². The maximum Gasteiger partial charge on any atom is 0.0557 e. The molecule has 2 atom stereocenters. The van der Waals surface area contributed by atoms with Crippen LogP contribution in [0.5, 0.6) is 0 Å². The lowest BCUT2D eigenvalue weighted by atomic mass is 9.81. The summed E-state index contributed by atoms with van der Waals surface area (Å²) in [6, 6.07) is 6.39. The van der Waals surface area contributed by atoms with Crippen LogP contribution in [-0.2, 0) is 0 Å². The van der Waals surface area contributed by atoms with Gasteiger partial charge in [0.1, 0.15) is 0 Å². The van der Waals surface area contributed by atoms with Crippen LogP contribution < -0.4 is 10.2 Å². The molecular formula is C14H21N3. The minimum atomic E-state index is 0.707. The number of nitrogens with zero attached hydrogens (tertiary/aromatic N) is 2. The fraction of sp³-hybridized carbons (Fsp3) is 0.643. The van der Waals surface area contributed by atoms with E-state index < -0.39 is 0 Å². The van der Waals surface area contributed by atoms with Crippen molar-refractivity contribution >= 4 is 5.69 Å². The van der Waals surface area contributed by atoms with Crippen molar-refractivity contribution < 1.29 is 0 Å². The maximum absolute atomic E-state index is 4.27. The molecule has 1 N–H and O–H groups in total. The van der Waals surface area contributed by atoms with Gasteiger partial charge in [-0.25, -0.2) is 0 Å². The molecule has 2 bridgehead atoms. The van der Waals surface area contributed by atoms with Gasteiger partial charge in [0.25, 0.3) is 0 Å². The van der Waals surface area contributed by atoms with Gasteiger partial charge in [-0.05, 0) is 51.3 Å². The van der Waals surface area contributed by atoms with E-state index in [9.17, 15) is 0 Å². The number of aromatic nitrogens is 1. The third-order valence-corrected chi connectivity index (χ3v) is 4.33. The first-order valence-electron chi connectivity index (χ1n) is 6.74. The number of fused-ring (bicyclic) bond motifs is 2. The summed E-state index contributed by atoms with van der Waals surface area (Å²) in [7, 11) is 2.10. The summed E-state index contributed by atoms with van der Waals surface area (Å²) in [5.74, 6) is 0. The van der Waals surface area contributed by atoms with Crippen molar-refractivity contribution in [2.45, 2.75) is 50.2 Å². The zero-order chi connectivity index (χ0) is 11.7. The van der Waals surface area contributed by atoms with E-state index in [1.54, 1.807) is 0 Å². The smallest absolute Gasteiger partial charge is 0.0557 e. The molecule has 3 nitrogen and oxygen atoms in total. The lowest BCUT2D eigenvalue weighted by Gasteiger charge is -2.50. The zero-order valence-corrected chi connectivity index (χ0v) is 10.5. The standard InChI is InChI=1S/C14H21N3/c1-15-11-8-12-4-2-5-13(9-11)17(12)14-6-3-7-16-10-14/h3,6-7,10-13,15H,2,4-5,8-9H2,1H3. The summed E-state index contributed by atoms with van der Waals surface area (Å²) in [5, 5.41) is 3.46. The molecule has 0 saturated carbocycles. The quantitative estimate of drug-likeness (QED) is 0.845. The monoisotopic (exact) mass is 231 g/mol. The number of pyridine rings is 1. The molecule has 2 aliphatic heterocycles. The summed E-state index contributed by atoms with van der Waals surface area (Å²) >= 11 is 0. The first-order valence-corrected chi connectivity index (χ1v) is 6.74. The average molecular weight is 231 g/mol. The highest BCUT2D eigenvalue weighted by molar-refractivity contribution is 5.47.